The summed E-state index contributed by atoms with van der Waals surface area (Å²) in [7, 11) is -0.826. The first-order valence-corrected chi connectivity index (χ1v) is 14.3. The second-order valence-corrected chi connectivity index (χ2v) is 11.9. The highest BCUT2D eigenvalue weighted by Gasteiger charge is 2.23. The number of imidazole rings is 1. The maximum absolute atomic E-state index is 5.25. The third-order valence-electron chi connectivity index (χ3n) is 7.50. The van der Waals surface area contributed by atoms with Crippen molar-refractivity contribution in [1.82, 2.24) is 9.38 Å². The zero-order valence-electron chi connectivity index (χ0n) is 20.6. The molecule has 0 aliphatic carbocycles. The molecule has 2 aromatic heterocycles. The van der Waals surface area contributed by atoms with Crippen molar-refractivity contribution in [3.05, 3.63) is 140 Å². The molecule has 0 N–H and O–H groups in total. The zero-order chi connectivity index (χ0) is 25.1. The van der Waals surface area contributed by atoms with Crippen molar-refractivity contribution >= 4 is 73.0 Å². The van der Waals surface area contributed by atoms with Gasteiger partial charge in [0.1, 0.15) is 5.65 Å². The predicted molar refractivity (Wildman–Crippen MR) is 164 cm³/mol. The van der Waals surface area contributed by atoms with E-state index < -0.39 is 7.92 Å². The normalized spacial score (nSPS) is 12.6. The molecule has 0 amide bonds. The van der Waals surface area contributed by atoms with Gasteiger partial charge in [0.2, 0.25) is 0 Å². The fraction of sp³-hybridized carbons (Fsp3) is 0. The molecule has 0 saturated heterocycles. The van der Waals surface area contributed by atoms with E-state index in [0.29, 0.717) is 0 Å². The Hall–Kier alpha value is -4.52. The molecular formula is C35H23N2P. The fourth-order valence-electron chi connectivity index (χ4n) is 5.83. The number of nitrogens with zero attached hydrogens (tertiary/aromatic N) is 2. The molecule has 0 spiro atoms. The maximum Gasteiger partial charge on any atom is 0.146 e. The van der Waals surface area contributed by atoms with Gasteiger partial charge in [0.25, 0.3) is 0 Å². The van der Waals surface area contributed by atoms with E-state index in [9.17, 15) is 0 Å². The number of benzene rings is 6. The third-order valence-corrected chi connectivity index (χ3v) is 9.96. The van der Waals surface area contributed by atoms with Crippen LogP contribution < -0.4 is 15.9 Å². The first kappa shape index (κ1) is 21.6. The molecule has 8 rings (SSSR count). The zero-order valence-corrected chi connectivity index (χ0v) is 21.5. The van der Waals surface area contributed by atoms with Crippen molar-refractivity contribution in [2.75, 3.05) is 0 Å². The first-order chi connectivity index (χ1) is 18.9. The van der Waals surface area contributed by atoms with Crippen LogP contribution in [-0.2, 0) is 0 Å². The summed E-state index contributed by atoms with van der Waals surface area (Å²) < 4.78 is 2.40. The molecule has 0 radical (unpaired) electrons. The Labute approximate surface area is 221 Å². The van der Waals surface area contributed by atoms with Crippen molar-refractivity contribution in [3.63, 3.8) is 0 Å². The summed E-state index contributed by atoms with van der Waals surface area (Å²) in [5.74, 6) is 0. The average molecular weight is 503 g/mol. The number of pyridine rings is 1. The molecule has 3 heteroatoms. The Morgan fingerprint density at radius 2 is 1.21 bits per heavy atom. The number of aromatic nitrogens is 2. The van der Waals surface area contributed by atoms with Crippen LogP contribution >= 0.6 is 7.92 Å². The van der Waals surface area contributed by atoms with Gasteiger partial charge in [-0.15, -0.1) is 0 Å². The lowest BCUT2D eigenvalue weighted by molar-refractivity contribution is 1.32. The summed E-state index contributed by atoms with van der Waals surface area (Å²) in [6.45, 7) is 0. The summed E-state index contributed by atoms with van der Waals surface area (Å²) in [5.41, 5.74) is 4.45. The Balaban J connectivity index is 1.53. The molecule has 0 saturated carbocycles. The SMILES string of the molecule is c1ccc(P(c2ccc3ccccc3c2)c2cccc3nc4c5ccccc5c5ccccc5n4c23)cc1. The lowest BCUT2D eigenvalue weighted by Crippen LogP contribution is -2.22. The van der Waals surface area contributed by atoms with E-state index in [1.807, 2.05) is 0 Å². The van der Waals surface area contributed by atoms with E-state index in [4.69, 9.17) is 4.98 Å². The molecule has 0 aliphatic rings. The molecule has 2 nitrogen and oxygen atoms in total. The molecule has 6 aromatic carbocycles. The predicted octanol–water partition coefficient (Wildman–Crippen LogP) is 7.71. The summed E-state index contributed by atoms with van der Waals surface area (Å²) in [4.78, 5) is 5.25. The smallest absolute Gasteiger partial charge is 0.146 e. The van der Waals surface area contributed by atoms with Crippen LogP contribution in [0.5, 0.6) is 0 Å². The average Bonchev–Trinajstić information content (AvgIpc) is 3.39. The van der Waals surface area contributed by atoms with Gasteiger partial charge in [-0.3, -0.25) is 4.40 Å². The van der Waals surface area contributed by atoms with Gasteiger partial charge in [0.15, 0.2) is 0 Å². The van der Waals surface area contributed by atoms with Crippen LogP contribution in [0.15, 0.2) is 140 Å². The number of fused-ring (bicyclic) bond motifs is 9. The van der Waals surface area contributed by atoms with Crippen LogP contribution in [0.25, 0.3) is 49.1 Å². The Kier molecular flexibility index (Phi) is 4.83. The minimum absolute atomic E-state index is 0.826. The minimum atomic E-state index is -0.826. The molecule has 38 heavy (non-hydrogen) atoms. The van der Waals surface area contributed by atoms with Crippen LogP contribution in [0.1, 0.15) is 0 Å². The fourth-order valence-corrected chi connectivity index (χ4v) is 8.31. The van der Waals surface area contributed by atoms with Crippen LogP contribution in [0, 0.1) is 0 Å². The van der Waals surface area contributed by atoms with Crippen LogP contribution in [0.3, 0.4) is 0 Å². The monoisotopic (exact) mass is 502 g/mol. The van der Waals surface area contributed by atoms with Crippen LogP contribution in [-0.4, -0.2) is 9.38 Å². The quantitative estimate of drug-likeness (QED) is 0.179. The van der Waals surface area contributed by atoms with Gasteiger partial charge >= 0.3 is 0 Å². The van der Waals surface area contributed by atoms with Gasteiger partial charge in [-0.2, -0.15) is 0 Å². The van der Waals surface area contributed by atoms with E-state index in [0.717, 1.165) is 11.2 Å². The van der Waals surface area contributed by atoms with E-state index in [1.165, 1.54) is 53.9 Å². The van der Waals surface area contributed by atoms with Crippen molar-refractivity contribution < 1.29 is 0 Å². The number of hydrogen-bond acceptors (Lipinski definition) is 1. The highest BCUT2D eigenvalue weighted by Crippen LogP contribution is 2.39. The Morgan fingerprint density at radius 3 is 2.08 bits per heavy atom. The van der Waals surface area contributed by atoms with Gasteiger partial charge in [-0.05, 0) is 52.9 Å². The Morgan fingerprint density at radius 1 is 0.500 bits per heavy atom. The van der Waals surface area contributed by atoms with Gasteiger partial charge < -0.3 is 0 Å². The van der Waals surface area contributed by atoms with Gasteiger partial charge in [0.05, 0.1) is 16.6 Å². The van der Waals surface area contributed by atoms with Gasteiger partial charge in [-0.1, -0.05) is 121 Å². The molecular weight excluding hydrogens is 479 g/mol. The molecule has 2 heterocycles. The molecule has 0 bridgehead atoms. The lowest BCUT2D eigenvalue weighted by Gasteiger charge is -2.21. The van der Waals surface area contributed by atoms with Gasteiger partial charge in [-0.25, -0.2) is 4.98 Å². The first-order valence-electron chi connectivity index (χ1n) is 12.9. The summed E-state index contributed by atoms with van der Waals surface area (Å²) >= 11 is 0. The van der Waals surface area contributed by atoms with E-state index >= 15 is 0 Å². The lowest BCUT2D eigenvalue weighted by atomic mass is 10.1. The minimum Gasteiger partial charge on any atom is -0.291 e. The van der Waals surface area contributed by atoms with E-state index in [2.05, 4.69) is 144 Å². The van der Waals surface area contributed by atoms with Crippen molar-refractivity contribution in [3.8, 4) is 0 Å². The molecule has 1 unspecified atom stereocenters. The molecule has 8 aromatic rings. The largest absolute Gasteiger partial charge is 0.291 e. The van der Waals surface area contributed by atoms with E-state index in [1.54, 1.807) is 0 Å². The van der Waals surface area contributed by atoms with Gasteiger partial charge in [0, 0.05) is 16.1 Å². The van der Waals surface area contributed by atoms with Crippen LogP contribution in [0.2, 0.25) is 0 Å². The van der Waals surface area contributed by atoms with Crippen LogP contribution in [0.4, 0.5) is 0 Å². The molecule has 0 aliphatic heterocycles. The number of para-hydroxylation sites is 2. The molecule has 0 fully saturated rings. The summed E-state index contributed by atoms with van der Waals surface area (Å²) in [5, 5.41) is 10.2. The molecule has 178 valence electrons. The number of hydrogen-bond donors (Lipinski definition) is 0. The standard InChI is InChI=1S/C35H23N2P/c1-2-13-26(14-3-1)38(27-22-21-24-11-4-5-12-25(24)23-27)33-20-10-18-31-34(33)37-32-19-9-8-16-29(32)28-15-6-7-17-30(28)35(37)36-31/h1-23H. The second-order valence-electron chi connectivity index (χ2n) is 9.68. The third kappa shape index (κ3) is 3.21. The topological polar surface area (TPSA) is 17.3 Å². The van der Waals surface area contributed by atoms with Crippen molar-refractivity contribution in [2.24, 2.45) is 0 Å². The second kappa shape index (κ2) is 8.52. The van der Waals surface area contributed by atoms with Crippen molar-refractivity contribution in [1.29, 1.82) is 0 Å². The highest BCUT2D eigenvalue weighted by molar-refractivity contribution is 7.80. The highest BCUT2D eigenvalue weighted by atomic mass is 31.1. The summed E-state index contributed by atoms with van der Waals surface area (Å²) in [6, 6.07) is 50.6. The number of rotatable bonds is 3. The maximum atomic E-state index is 5.25. The molecule has 1 atom stereocenters. The van der Waals surface area contributed by atoms with E-state index in [-0.39, 0.29) is 0 Å². The summed E-state index contributed by atoms with van der Waals surface area (Å²) in [6.07, 6.45) is 0. The Bertz CT molecular complexity index is 2140. The van der Waals surface area contributed by atoms with Crippen molar-refractivity contribution in [2.45, 2.75) is 0 Å².